The highest BCUT2D eigenvalue weighted by atomic mass is 15.3. The number of hydrogen-bond donors (Lipinski definition) is 3. The van der Waals surface area contributed by atoms with Crippen LogP contribution in [0.25, 0.3) is 10.9 Å². The molecule has 1 atom stereocenters. The molecule has 2 aromatic heterocycles. The average Bonchev–Trinajstić information content (AvgIpc) is 2.94. The molecular formula is C12H12N6. The van der Waals surface area contributed by atoms with E-state index in [-0.39, 0.29) is 6.04 Å². The molecule has 0 radical (unpaired) electrons. The second-order valence-corrected chi connectivity index (χ2v) is 3.91. The van der Waals surface area contributed by atoms with Crippen LogP contribution in [-0.2, 0) is 0 Å². The predicted octanol–water partition coefficient (Wildman–Crippen LogP) is 0.906. The number of pyridine rings is 1. The minimum atomic E-state index is -0.211. The summed E-state index contributed by atoms with van der Waals surface area (Å²) < 4.78 is 0. The van der Waals surface area contributed by atoms with E-state index in [0.717, 1.165) is 22.2 Å². The number of rotatable bonds is 3. The maximum absolute atomic E-state index is 5.63. The van der Waals surface area contributed by atoms with E-state index in [1.807, 2.05) is 30.3 Å². The number of fused-ring (bicyclic) bond motifs is 1. The Morgan fingerprint density at radius 2 is 2.17 bits per heavy atom. The molecule has 0 saturated carbocycles. The third-order valence-electron chi connectivity index (χ3n) is 2.89. The predicted molar refractivity (Wildman–Crippen MR) is 67.3 cm³/mol. The van der Waals surface area contributed by atoms with Crippen molar-refractivity contribution in [3.63, 3.8) is 0 Å². The number of aromatic amines is 1. The molecule has 0 bridgehead atoms. The van der Waals surface area contributed by atoms with Gasteiger partial charge in [0.1, 0.15) is 5.69 Å². The molecule has 0 aliphatic heterocycles. The highest BCUT2D eigenvalue weighted by molar-refractivity contribution is 5.82. The van der Waals surface area contributed by atoms with E-state index in [1.54, 1.807) is 12.4 Å². The van der Waals surface area contributed by atoms with Crippen molar-refractivity contribution in [2.75, 3.05) is 0 Å². The zero-order valence-corrected chi connectivity index (χ0v) is 9.54. The maximum atomic E-state index is 5.63. The first-order valence-electron chi connectivity index (χ1n) is 5.55. The molecule has 90 valence electrons. The molecule has 4 N–H and O–H groups in total. The SMILES string of the molecule is NNC(c1cn[nH]n1)c1cccc2ncccc12. The number of nitrogens with zero attached hydrogens (tertiary/aromatic N) is 3. The van der Waals surface area contributed by atoms with Gasteiger partial charge in [-0.15, -0.1) is 0 Å². The summed E-state index contributed by atoms with van der Waals surface area (Å²) in [6, 6.07) is 9.63. The summed E-state index contributed by atoms with van der Waals surface area (Å²) in [6.07, 6.45) is 3.42. The van der Waals surface area contributed by atoms with Crippen molar-refractivity contribution in [2.45, 2.75) is 6.04 Å². The number of aromatic nitrogens is 4. The molecule has 0 saturated heterocycles. The molecule has 3 aromatic rings. The smallest absolute Gasteiger partial charge is 0.105 e. The first-order chi connectivity index (χ1) is 8.90. The van der Waals surface area contributed by atoms with E-state index >= 15 is 0 Å². The molecule has 2 heterocycles. The van der Waals surface area contributed by atoms with Crippen LogP contribution in [0.2, 0.25) is 0 Å². The molecule has 6 heteroatoms. The Kier molecular flexibility index (Phi) is 2.71. The van der Waals surface area contributed by atoms with Gasteiger partial charge in [-0.1, -0.05) is 18.2 Å². The lowest BCUT2D eigenvalue weighted by atomic mass is 10.00. The Labute approximate surface area is 103 Å². The quantitative estimate of drug-likeness (QED) is 0.467. The van der Waals surface area contributed by atoms with Gasteiger partial charge in [0.05, 0.1) is 17.8 Å². The lowest BCUT2D eigenvalue weighted by Gasteiger charge is -2.15. The van der Waals surface area contributed by atoms with E-state index in [9.17, 15) is 0 Å². The Balaban J connectivity index is 2.18. The van der Waals surface area contributed by atoms with Gasteiger partial charge in [-0.3, -0.25) is 10.8 Å². The number of benzene rings is 1. The molecule has 3 rings (SSSR count). The molecule has 0 aliphatic carbocycles. The summed E-state index contributed by atoms with van der Waals surface area (Å²) in [4.78, 5) is 4.33. The zero-order valence-electron chi connectivity index (χ0n) is 9.54. The summed E-state index contributed by atoms with van der Waals surface area (Å²) in [6.45, 7) is 0. The topological polar surface area (TPSA) is 92.5 Å². The second-order valence-electron chi connectivity index (χ2n) is 3.91. The van der Waals surface area contributed by atoms with Gasteiger partial charge in [0, 0.05) is 11.6 Å². The van der Waals surface area contributed by atoms with Crippen molar-refractivity contribution in [3.8, 4) is 0 Å². The highest BCUT2D eigenvalue weighted by Gasteiger charge is 2.17. The van der Waals surface area contributed by atoms with Crippen LogP contribution in [0.4, 0.5) is 0 Å². The lowest BCUT2D eigenvalue weighted by Crippen LogP contribution is -2.29. The minimum Gasteiger partial charge on any atom is -0.271 e. The summed E-state index contributed by atoms with van der Waals surface area (Å²) in [5.74, 6) is 5.63. The summed E-state index contributed by atoms with van der Waals surface area (Å²) in [5.41, 5.74) is 5.46. The molecular weight excluding hydrogens is 228 g/mol. The van der Waals surface area contributed by atoms with E-state index in [4.69, 9.17) is 5.84 Å². The fraction of sp³-hybridized carbons (Fsp3) is 0.0833. The van der Waals surface area contributed by atoms with Gasteiger partial charge in [-0.25, -0.2) is 5.43 Å². The molecule has 0 aliphatic rings. The van der Waals surface area contributed by atoms with Crippen molar-refractivity contribution in [3.05, 3.63) is 54.0 Å². The number of H-pyrrole nitrogens is 1. The number of hydrogen-bond acceptors (Lipinski definition) is 5. The van der Waals surface area contributed by atoms with Gasteiger partial charge >= 0.3 is 0 Å². The van der Waals surface area contributed by atoms with Crippen molar-refractivity contribution < 1.29 is 0 Å². The first kappa shape index (κ1) is 10.8. The monoisotopic (exact) mass is 240 g/mol. The van der Waals surface area contributed by atoms with Crippen LogP contribution in [0, 0.1) is 0 Å². The first-order valence-corrected chi connectivity index (χ1v) is 5.55. The fourth-order valence-corrected chi connectivity index (χ4v) is 2.06. The lowest BCUT2D eigenvalue weighted by molar-refractivity contribution is 0.622. The van der Waals surface area contributed by atoms with E-state index in [1.165, 1.54) is 0 Å². The average molecular weight is 240 g/mol. The van der Waals surface area contributed by atoms with Crippen LogP contribution in [-0.4, -0.2) is 20.4 Å². The van der Waals surface area contributed by atoms with Crippen LogP contribution >= 0.6 is 0 Å². The Hall–Kier alpha value is -2.31. The summed E-state index contributed by atoms with van der Waals surface area (Å²) in [7, 11) is 0. The molecule has 18 heavy (non-hydrogen) atoms. The Morgan fingerprint density at radius 1 is 1.22 bits per heavy atom. The number of nitrogens with one attached hydrogen (secondary N) is 2. The normalized spacial score (nSPS) is 12.7. The van der Waals surface area contributed by atoms with Crippen LogP contribution in [0.3, 0.4) is 0 Å². The van der Waals surface area contributed by atoms with Gasteiger partial charge in [0.2, 0.25) is 0 Å². The third kappa shape index (κ3) is 1.73. The van der Waals surface area contributed by atoms with Gasteiger partial charge in [0.15, 0.2) is 0 Å². The second kappa shape index (κ2) is 4.52. The van der Waals surface area contributed by atoms with Gasteiger partial charge in [-0.2, -0.15) is 15.4 Å². The van der Waals surface area contributed by atoms with Crippen molar-refractivity contribution in [1.29, 1.82) is 0 Å². The molecule has 0 fully saturated rings. The van der Waals surface area contributed by atoms with Gasteiger partial charge in [0.25, 0.3) is 0 Å². The molecule has 1 aromatic carbocycles. The molecule has 1 unspecified atom stereocenters. The van der Waals surface area contributed by atoms with Crippen molar-refractivity contribution in [2.24, 2.45) is 5.84 Å². The maximum Gasteiger partial charge on any atom is 0.105 e. The largest absolute Gasteiger partial charge is 0.271 e. The zero-order chi connectivity index (χ0) is 12.4. The van der Waals surface area contributed by atoms with Crippen LogP contribution in [0.5, 0.6) is 0 Å². The third-order valence-corrected chi connectivity index (χ3v) is 2.89. The molecule has 0 amide bonds. The van der Waals surface area contributed by atoms with Crippen LogP contribution in [0.15, 0.2) is 42.7 Å². The summed E-state index contributed by atoms with van der Waals surface area (Å²) in [5, 5.41) is 11.5. The van der Waals surface area contributed by atoms with Gasteiger partial charge in [-0.05, 0) is 17.7 Å². The number of nitrogens with two attached hydrogens (primary N) is 1. The van der Waals surface area contributed by atoms with Crippen LogP contribution < -0.4 is 11.3 Å². The van der Waals surface area contributed by atoms with Crippen molar-refractivity contribution >= 4 is 10.9 Å². The molecule has 6 nitrogen and oxygen atoms in total. The van der Waals surface area contributed by atoms with E-state index in [2.05, 4.69) is 25.8 Å². The fourth-order valence-electron chi connectivity index (χ4n) is 2.06. The standard InChI is InChI=1S/C12H12N6/c13-16-12(11-7-15-18-17-11)9-3-1-5-10-8(9)4-2-6-14-10/h1-7,12,16H,13H2,(H,15,17,18). The van der Waals surface area contributed by atoms with Crippen molar-refractivity contribution in [1.82, 2.24) is 25.8 Å². The van der Waals surface area contributed by atoms with E-state index < -0.39 is 0 Å². The van der Waals surface area contributed by atoms with Gasteiger partial charge < -0.3 is 0 Å². The Morgan fingerprint density at radius 3 is 2.94 bits per heavy atom. The Bertz CT molecular complexity index is 643. The van der Waals surface area contributed by atoms with Crippen LogP contribution in [0.1, 0.15) is 17.3 Å². The number of hydrazine groups is 1. The highest BCUT2D eigenvalue weighted by Crippen LogP contribution is 2.25. The molecule has 0 spiro atoms. The summed E-state index contributed by atoms with van der Waals surface area (Å²) >= 11 is 0. The van der Waals surface area contributed by atoms with E-state index in [0.29, 0.717) is 0 Å². The minimum absolute atomic E-state index is 0.211.